The predicted molar refractivity (Wildman–Crippen MR) is 142 cm³/mol. The molecule has 6 rings (SSSR count). The Kier molecular flexibility index (Phi) is 6.69. The van der Waals surface area contributed by atoms with Crippen molar-refractivity contribution in [2.75, 3.05) is 13.1 Å². The van der Waals surface area contributed by atoms with Crippen LogP contribution in [-0.4, -0.2) is 33.6 Å². The van der Waals surface area contributed by atoms with E-state index < -0.39 is 11.8 Å². The first kappa shape index (κ1) is 24.7. The lowest BCUT2D eigenvalue weighted by Gasteiger charge is -2.27. The Balaban J connectivity index is 1.27. The van der Waals surface area contributed by atoms with E-state index in [1.807, 2.05) is 12.2 Å². The predicted octanol–water partition coefficient (Wildman–Crippen LogP) is 5.83. The van der Waals surface area contributed by atoms with Crippen molar-refractivity contribution in [3.8, 4) is 0 Å². The molecule has 0 atom stereocenters. The molecule has 0 unspecified atom stereocenters. The van der Waals surface area contributed by atoms with Crippen molar-refractivity contribution in [2.24, 2.45) is 0 Å². The second-order valence-corrected chi connectivity index (χ2v) is 10.0. The number of hydrogen-bond acceptors (Lipinski definition) is 4. The summed E-state index contributed by atoms with van der Waals surface area (Å²) in [6.45, 7) is 3.43. The van der Waals surface area contributed by atoms with Crippen molar-refractivity contribution in [3.63, 3.8) is 0 Å². The van der Waals surface area contributed by atoms with E-state index in [1.54, 1.807) is 22.8 Å². The summed E-state index contributed by atoms with van der Waals surface area (Å²) in [6, 6.07) is 11.7. The average molecular weight is 535 g/mol. The molecule has 0 aliphatic carbocycles. The van der Waals surface area contributed by atoms with Crippen LogP contribution in [0.25, 0.3) is 17.0 Å². The van der Waals surface area contributed by atoms with Crippen molar-refractivity contribution >= 4 is 34.6 Å². The molecule has 4 aromatic rings. The minimum atomic E-state index is -0.577. The van der Waals surface area contributed by atoms with E-state index in [0.717, 1.165) is 45.4 Å². The Hall–Kier alpha value is -3.59. The van der Waals surface area contributed by atoms with Crippen LogP contribution in [0.5, 0.6) is 0 Å². The van der Waals surface area contributed by atoms with Crippen LogP contribution >= 0.6 is 11.6 Å². The third-order valence-corrected chi connectivity index (χ3v) is 7.43. The number of benzene rings is 2. The summed E-state index contributed by atoms with van der Waals surface area (Å²) in [5.41, 5.74) is 6.60. The number of pyridine rings is 1. The molecule has 2 aliphatic heterocycles. The van der Waals surface area contributed by atoms with Gasteiger partial charge in [0, 0.05) is 49.9 Å². The van der Waals surface area contributed by atoms with E-state index in [9.17, 15) is 13.6 Å². The highest BCUT2D eigenvalue weighted by atomic mass is 35.5. The topological polar surface area (TPSA) is 59.4 Å². The summed E-state index contributed by atoms with van der Waals surface area (Å²) in [4.78, 5) is 19.3. The molecule has 194 valence electrons. The summed E-state index contributed by atoms with van der Waals surface area (Å²) in [6.07, 6.45) is 5.99. The molecule has 0 bridgehead atoms. The lowest BCUT2D eigenvalue weighted by atomic mass is 10.0. The summed E-state index contributed by atoms with van der Waals surface area (Å²) >= 11 is 5.79. The van der Waals surface area contributed by atoms with Gasteiger partial charge < -0.3 is 10.1 Å². The fraction of sp³-hybridized carbons (Fsp3) is 0.241. The Bertz CT molecular complexity index is 1580. The molecule has 0 radical (unpaired) electrons. The number of halogens is 3. The van der Waals surface area contributed by atoms with Gasteiger partial charge in [-0.3, -0.25) is 9.47 Å². The smallest absolute Gasteiger partial charge is 0.326 e. The lowest BCUT2D eigenvalue weighted by molar-refractivity contribution is 0.134. The second kappa shape index (κ2) is 10.3. The number of carbonyl (C=O) groups is 1. The number of ether oxygens (including phenoxy) is 1. The normalized spacial score (nSPS) is 15.2. The van der Waals surface area contributed by atoms with Gasteiger partial charge in [0.15, 0.2) is 0 Å². The van der Waals surface area contributed by atoms with Gasteiger partial charge >= 0.3 is 6.03 Å². The van der Waals surface area contributed by atoms with E-state index in [0.29, 0.717) is 38.3 Å². The molecule has 2 aromatic heterocycles. The third-order valence-electron chi connectivity index (χ3n) is 7.12. The number of fused-ring (bicyclic) bond motifs is 4. The van der Waals surface area contributed by atoms with Crippen LogP contribution in [-0.2, 0) is 37.5 Å². The standard InChI is InChI=1S/C29H25ClF2N4O2/c30-24-4-3-18(10-25(24)31)2-1-8-35-9-6-26-23(15-35)22-12-20-16-38-17-21(20)13-27(22)36(26)29(37)34-14-19-5-7-33-28(32)11-19/h1-5,7,10-13H,6,8-9,14-17H2,(H,34,37)/b2-1+. The van der Waals surface area contributed by atoms with Gasteiger partial charge in [-0.15, -0.1) is 0 Å². The molecule has 38 heavy (non-hydrogen) atoms. The van der Waals surface area contributed by atoms with Crippen molar-refractivity contribution in [3.05, 3.63) is 105 Å². The van der Waals surface area contributed by atoms with E-state index in [-0.39, 0.29) is 17.6 Å². The molecule has 0 spiro atoms. The van der Waals surface area contributed by atoms with E-state index >= 15 is 0 Å². The fourth-order valence-electron chi connectivity index (χ4n) is 5.24. The van der Waals surface area contributed by atoms with Gasteiger partial charge in [0.05, 0.1) is 23.8 Å². The van der Waals surface area contributed by atoms with Gasteiger partial charge in [-0.05, 0) is 64.2 Å². The number of rotatable bonds is 5. The second-order valence-electron chi connectivity index (χ2n) is 9.60. The number of hydrogen-bond donors (Lipinski definition) is 1. The largest absolute Gasteiger partial charge is 0.372 e. The number of amides is 1. The summed E-state index contributed by atoms with van der Waals surface area (Å²) < 4.78 is 34.7. The van der Waals surface area contributed by atoms with E-state index in [2.05, 4.69) is 27.3 Å². The zero-order valence-corrected chi connectivity index (χ0v) is 21.3. The van der Waals surface area contributed by atoms with Crippen LogP contribution in [0, 0.1) is 11.8 Å². The molecule has 4 heterocycles. The Labute approximate surface area is 223 Å². The third kappa shape index (κ3) is 4.82. The first-order valence-electron chi connectivity index (χ1n) is 12.4. The number of nitrogens with zero attached hydrogens (tertiary/aromatic N) is 3. The van der Waals surface area contributed by atoms with Gasteiger partial charge in [0.1, 0.15) is 5.82 Å². The zero-order valence-electron chi connectivity index (χ0n) is 20.5. The molecule has 6 nitrogen and oxygen atoms in total. The van der Waals surface area contributed by atoms with Crippen molar-refractivity contribution in [1.29, 1.82) is 0 Å². The van der Waals surface area contributed by atoms with Gasteiger partial charge in [0.25, 0.3) is 0 Å². The minimum absolute atomic E-state index is 0.107. The highest BCUT2D eigenvalue weighted by molar-refractivity contribution is 6.30. The van der Waals surface area contributed by atoms with Crippen LogP contribution in [0.15, 0.2) is 54.7 Å². The summed E-state index contributed by atoms with van der Waals surface area (Å²) in [5, 5.41) is 4.10. The van der Waals surface area contributed by atoms with Gasteiger partial charge in [-0.1, -0.05) is 29.8 Å². The van der Waals surface area contributed by atoms with E-state index in [4.69, 9.17) is 16.3 Å². The first-order valence-corrected chi connectivity index (χ1v) is 12.8. The molecule has 2 aliphatic rings. The van der Waals surface area contributed by atoms with Crippen molar-refractivity contribution in [1.82, 2.24) is 19.8 Å². The SMILES string of the molecule is O=C(NCc1ccnc(F)c1)n1c2c(c3cc4c(cc31)COC4)CN(C/C=C/c1ccc(Cl)c(F)c1)CC2. The highest BCUT2D eigenvalue weighted by Crippen LogP contribution is 2.35. The van der Waals surface area contributed by atoms with Gasteiger partial charge in [0.2, 0.25) is 5.95 Å². The molecule has 0 saturated heterocycles. The molecular weight excluding hydrogens is 510 g/mol. The highest BCUT2D eigenvalue weighted by Gasteiger charge is 2.28. The van der Waals surface area contributed by atoms with Crippen LogP contribution in [0.1, 0.15) is 33.5 Å². The Morgan fingerprint density at radius 3 is 2.79 bits per heavy atom. The molecule has 2 aromatic carbocycles. The fourth-order valence-corrected chi connectivity index (χ4v) is 5.35. The maximum Gasteiger partial charge on any atom is 0.326 e. The number of aromatic nitrogens is 2. The first-order chi connectivity index (χ1) is 18.5. The van der Waals surface area contributed by atoms with Crippen molar-refractivity contribution < 1.29 is 18.3 Å². The van der Waals surface area contributed by atoms with Crippen LogP contribution in [0.4, 0.5) is 13.6 Å². The number of carbonyl (C=O) groups excluding carboxylic acids is 1. The summed E-state index contributed by atoms with van der Waals surface area (Å²) in [5.74, 6) is -1.01. The molecule has 9 heteroatoms. The summed E-state index contributed by atoms with van der Waals surface area (Å²) in [7, 11) is 0. The number of nitrogens with one attached hydrogen (secondary N) is 1. The zero-order chi connectivity index (χ0) is 26.2. The molecule has 1 amide bonds. The Morgan fingerprint density at radius 2 is 1.97 bits per heavy atom. The van der Waals surface area contributed by atoms with Gasteiger partial charge in [-0.25, -0.2) is 14.2 Å². The minimum Gasteiger partial charge on any atom is -0.372 e. The average Bonchev–Trinajstić information content (AvgIpc) is 3.49. The Morgan fingerprint density at radius 1 is 1.13 bits per heavy atom. The molecular formula is C29H25ClF2N4O2. The van der Waals surface area contributed by atoms with Crippen molar-refractivity contribution in [2.45, 2.75) is 32.7 Å². The van der Waals surface area contributed by atoms with Crippen LogP contribution in [0.2, 0.25) is 5.02 Å². The van der Waals surface area contributed by atoms with E-state index in [1.165, 1.54) is 18.3 Å². The lowest BCUT2D eigenvalue weighted by Crippen LogP contribution is -2.34. The monoisotopic (exact) mass is 534 g/mol. The quantitative estimate of drug-likeness (QED) is 0.327. The molecule has 0 fully saturated rings. The van der Waals surface area contributed by atoms with Crippen LogP contribution in [0.3, 0.4) is 0 Å². The van der Waals surface area contributed by atoms with Gasteiger partial charge in [-0.2, -0.15) is 4.39 Å². The van der Waals surface area contributed by atoms with Crippen LogP contribution < -0.4 is 5.32 Å². The molecule has 1 N–H and O–H groups in total. The maximum atomic E-state index is 13.8. The maximum absolute atomic E-state index is 13.8. The molecule has 0 saturated carbocycles.